The predicted octanol–water partition coefficient (Wildman–Crippen LogP) is 1.78. The van der Waals surface area contributed by atoms with Crippen molar-refractivity contribution < 1.29 is 23.5 Å². The van der Waals surface area contributed by atoms with Crippen molar-refractivity contribution in [3.05, 3.63) is 53.6 Å². The van der Waals surface area contributed by atoms with Crippen molar-refractivity contribution in [3.63, 3.8) is 0 Å². The smallest absolute Gasteiger partial charge is 0.375 e. The van der Waals surface area contributed by atoms with Crippen LogP contribution in [0.2, 0.25) is 0 Å². The highest BCUT2D eigenvalue weighted by Gasteiger charge is 2.20. The first-order chi connectivity index (χ1) is 11.0. The number of ketones is 2. The fourth-order valence-electron chi connectivity index (χ4n) is 1.90. The summed E-state index contributed by atoms with van der Waals surface area (Å²) >= 11 is 0. The van der Waals surface area contributed by atoms with E-state index in [1.807, 2.05) is 0 Å². The normalized spacial score (nSPS) is 10.3. The molecule has 7 heteroatoms. The summed E-state index contributed by atoms with van der Waals surface area (Å²) in [6.45, 7) is 2.01. The van der Waals surface area contributed by atoms with E-state index in [1.54, 1.807) is 19.1 Å². The SMILES string of the molecule is CCOC(=O)C(=O)CC(=O)c1cnn(Cc2ccc(F)cc2)c1. The van der Waals surface area contributed by atoms with Gasteiger partial charge in [-0.25, -0.2) is 9.18 Å². The number of aromatic nitrogens is 2. The van der Waals surface area contributed by atoms with Crippen molar-refractivity contribution in [2.24, 2.45) is 0 Å². The van der Waals surface area contributed by atoms with Gasteiger partial charge in [0, 0.05) is 6.20 Å². The van der Waals surface area contributed by atoms with Gasteiger partial charge in [0.05, 0.1) is 31.3 Å². The van der Waals surface area contributed by atoms with Gasteiger partial charge in [0.25, 0.3) is 0 Å². The van der Waals surface area contributed by atoms with Gasteiger partial charge in [0.1, 0.15) is 5.82 Å². The van der Waals surface area contributed by atoms with Gasteiger partial charge in [-0.3, -0.25) is 14.3 Å². The maximum absolute atomic E-state index is 12.8. The van der Waals surface area contributed by atoms with Crippen LogP contribution < -0.4 is 0 Å². The molecule has 0 saturated heterocycles. The van der Waals surface area contributed by atoms with E-state index in [0.717, 1.165) is 5.56 Å². The van der Waals surface area contributed by atoms with Crippen LogP contribution in [0, 0.1) is 5.82 Å². The number of halogens is 1. The van der Waals surface area contributed by atoms with Crippen molar-refractivity contribution in [1.82, 2.24) is 9.78 Å². The first-order valence-corrected chi connectivity index (χ1v) is 6.99. The van der Waals surface area contributed by atoms with E-state index in [1.165, 1.54) is 29.2 Å². The Bertz CT molecular complexity index is 722. The van der Waals surface area contributed by atoms with Crippen LogP contribution in [0.4, 0.5) is 4.39 Å². The minimum Gasteiger partial charge on any atom is -0.460 e. The average Bonchev–Trinajstić information content (AvgIpc) is 2.98. The highest BCUT2D eigenvalue weighted by Crippen LogP contribution is 2.08. The first kappa shape index (κ1) is 16.5. The molecule has 23 heavy (non-hydrogen) atoms. The molecule has 1 aromatic carbocycles. The molecule has 0 spiro atoms. The second kappa shape index (κ2) is 7.44. The van der Waals surface area contributed by atoms with Crippen LogP contribution >= 0.6 is 0 Å². The molecule has 0 unspecified atom stereocenters. The molecule has 0 fully saturated rings. The Hall–Kier alpha value is -2.83. The van der Waals surface area contributed by atoms with Gasteiger partial charge >= 0.3 is 5.97 Å². The monoisotopic (exact) mass is 318 g/mol. The second-order valence-corrected chi connectivity index (χ2v) is 4.80. The molecule has 0 bridgehead atoms. The van der Waals surface area contributed by atoms with Crippen LogP contribution in [0.1, 0.15) is 29.3 Å². The van der Waals surface area contributed by atoms with Gasteiger partial charge < -0.3 is 4.74 Å². The van der Waals surface area contributed by atoms with Crippen LogP contribution in [-0.2, 0) is 20.9 Å². The summed E-state index contributed by atoms with van der Waals surface area (Å²) in [6.07, 6.45) is 2.25. The summed E-state index contributed by atoms with van der Waals surface area (Å²) in [4.78, 5) is 34.6. The lowest BCUT2D eigenvalue weighted by Crippen LogP contribution is -2.20. The van der Waals surface area contributed by atoms with Crippen LogP contribution in [0.3, 0.4) is 0 Å². The van der Waals surface area contributed by atoms with Crippen LogP contribution in [0.25, 0.3) is 0 Å². The molecule has 0 aliphatic carbocycles. The third kappa shape index (κ3) is 4.57. The Morgan fingerprint density at radius 1 is 1.22 bits per heavy atom. The number of ether oxygens (including phenoxy) is 1. The summed E-state index contributed by atoms with van der Waals surface area (Å²) in [6, 6.07) is 5.90. The van der Waals surface area contributed by atoms with Gasteiger partial charge in [-0.15, -0.1) is 0 Å². The van der Waals surface area contributed by atoms with E-state index in [2.05, 4.69) is 9.84 Å². The second-order valence-electron chi connectivity index (χ2n) is 4.80. The summed E-state index contributed by atoms with van der Waals surface area (Å²) < 4.78 is 18.9. The topological polar surface area (TPSA) is 78.3 Å². The Labute approximate surface area is 131 Å². The Balaban J connectivity index is 1.98. The first-order valence-electron chi connectivity index (χ1n) is 6.99. The Kier molecular flexibility index (Phi) is 5.35. The van der Waals surface area contributed by atoms with E-state index in [0.29, 0.717) is 6.54 Å². The molecule has 0 radical (unpaired) electrons. The molecule has 0 amide bonds. The summed E-state index contributed by atoms with van der Waals surface area (Å²) in [5.41, 5.74) is 1.04. The van der Waals surface area contributed by atoms with Crippen LogP contribution in [-0.4, -0.2) is 33.9 Å². The fraction of sp³-hybridized carbons (Fsp3) is 0.250. The van der Waals surface area contributed by atoms with Crippen molar-refractivity contribution in [1.29, 1.82) is 0 Å². The highest BCUT2D eigenvalue weighted by atomic mass is 19.1. The molecule has 1 aromatic heterocycles. The lowest BCUT2D eigenvalue weighted by Gasteiger charge is -2.01. The summed E-state index contributed by atoms with van der Waals surface area (Å²) in [5.74, 6) is -2.74. The largest absolute Gasteiger partial charge is 0.460 e. The fourth-order valence-corrected chi connectivity index (χ4v) is 1.90. The molecule has 0 saturated carbocycles. The van der Waals surface area contributed by atoms with E-state index in [9.17, 15) is 18.8 Å². The zero-order chi connectivity index (χ0) is 16.8. The molecule has 2 aromatic rings. The van der Waals surface area contributed by atoms with E-state index in [-0.39, 0.29) is 18.0 Å². The number of Topliss-reactive ketones (excluding diaryl/α,β-unsaturated/α-hetero) is 2. The quantitative estimate of drug-likeness (QED) is 0.336. The standard InChI is InChI=1S/C16H15FN2O4/c1-2-23-16(22)15(21)7-14(20)12-8-18-19(10-12)9-11-3-5-13(17)6-4-11/h3-6,8,10H,2,7,9H2,1H3. The molecular formula is C16H15FN2O4. The molecule has 0 aliphatic rings. The zero-order valence-corrected chi connectivity index (χ0v) is 12.5. The third-order valence-electron chi connectivity index (χ3n) is 3.04. The van der Waals surface area contributed by atoms with Gasteiger partial charge in [0.2, 0.25) is 5.78 Å². The zero-order valence-electron chi connectivity index (χ0n) is 12.5. The number of nitrogens with zero attached hydrogens (tertiary/aromatic N) is 2. The van der Waals surface area contributed by atoms with Crippen LogP contribution in [0.15, 0.2) is 36.7 Å². The number of esters is 1. The minimum atomic E-state index is -1.01. The third-order valence-corrected chi connectivity index (χ3v) is 3.04. The van der Waals surface area contributed by atoms with Crippen LogP contribution in [0.5, 0.6) is 0 Å². The van der Waals surface area contributed by atoms with Crippen molar-refractivity contribution in [3.8, 4) is 0 Å². The van der Waals surface area contributed by atoms with Crippen molar-refractivity contribution >= 4 is 17.5 Å². The van der Waals surface area contributed by atoms with Gasteiger partial charge in [-0.05, 0) is 24.6 Å². The van der Waals surface area contributed by atoms with Crippen molar-refractivity contribution in [2.75, 3.05) is 6.61 Å². The predicted molar refractivity (Wildman–Crippen MR) is 78.3 cm³/mol. The number of rotatable bonds is 7. The molecule has 0 aliphatic heterocycles. The molecular weight excluding hydrogens is 303 g/mol. The lowest BCUT2D eigenvalue weighted by molar-refractivity contribution is -0.153. The molecule has 120 valence electrons. The number of carbonyl (C=O) groups excluding carboxylic acids is 3. The maximum atomic E-state index is 12.8. The molecule has 6 nitrogen and oxygen atoms in total. The van der Waals surface area contributed by atoms with Crippen molar-refractivity contribution in [2.45, 2.75) is 19.9 Å². The molecule has 0 atom stereocenters. The number of hydrogen-bond donors (Lipinski definition) is 0. The highest BCUT2D eigenvalue weighted by molar-refractivity contribution is 6.38. The number of hydrogen-bond acceptors (Lipinski definition) is 5. The number of carbonyl (C=O) groups is 3. The van der Waals surface area contributed by atoms with E-state index < -0.39 is 24.0 Å². The molecule has 0 N–H and O–H groups in total. The summed E-state index contributed by atoms with van der Waals surface area (Å²) in [5, 5.41) is 4.02. The molecule has 1 heterocycles. The van der Waals surface area contributed by atoms with Gasteiger partial charge in [-0.1, -0.05) is 12.1 Å². The van der Waals surface area contributed by atoms with E-state index in [4.69, 9.17) is 0 Å². The Morgan fingerprint density at radius 3 is 2.57 bits per heavy atom. The Morgan fingerprint density at radius 2 is 1.91 bits per heavy atom. The lowest BCUT2D eigenvalue weighted by atomic mass is 10.1. The number of benzene rings is 1. The average molecular weight is 318 g/mol. The minimum absolute atomic E-state index is 0.0777. The van der Waals surface area contributed by atoms with E-state index >= 15 is 0 Å². The van der Waals surface area contributed by atoms with Gasteiger partial charge in [-0.2, -0.15) is 5.10 Å². The summed E-state index contributed by atoms with van der Waals surface area (Å²) in [7, 11) is 0. The maximum Gasteiger partial charge on any atom is 0.375 e. The van der Waals surface area contributed by atoms with Gasteiger partial charge in [0.15, 0.2) is 5.78 Å². The molecule has 2 rings (SSSR count).